The molecule has 0 unspecified atom stereocenters. The zero-order chi connectivity index (χ0) is 15.8. The molecule has 1 aromatic heterocycles. The van der Waals surface area contributed by atoms with Gasteiger partial charge in [0.05, 0.1) is 7.11 Å². The van der Waals surface area contributed by atoms with Crippen LogP contribution >= 0.6 is 0 Å². The van der Waals surface area contributed by atoms with E-state index < -0.39 is 0 Å². The molecule has 0 aliphatic carbocycles. The van der Waals surface area contributed by atoms with Gasteiger partial charge in [-0.3, -0.25) is 4.79 Å². The van der Waals surface area contributed by atoms with Crippen molar-refractivity contribution in [3.8, 4) is 5.75 Å². The molecule has 0 saturated carbocycles. The molecular weight excluding hydrogens is 280 g/mol. The normalized spacial score (nSPS) is 9.86. The van der Waals surface area contributed by atoms with E-state index in [1.807, 2.05) is 24.3 Å². The molecule has 0 bridgehead atoms. The molecule has 6 nitrogen and oxygen atoms in total. The molecule has 6 heteroatoms. The van der Waals surface area contributed by atoms with Crippen molar-refractivity contribution in [2.45, 2.75) is 6.54 Å². The number of nitrogens with zero attached hydrogens (tertiary/aromatic N) is 2. The third-order valence-electron chi connectivity index (χ3n) is 2.94. The zero-order valence-corrected chi connectivity index (χ0v) is 12.4. The van der Waals surface area contributed by atoms with Gasteiger partial charge in [0.25, 0.3) is 5.91 Å². The largest absolute Gasteiger partial charge is 0.497 e. The Morgan fingerprint density at radius 1 is 1.32 bits per heavy atom. The Bertz CT molecular complexity index is 641. The number of rotatable bonds is 7. The van der Waals surface area contributed by atoms with Gasteiger partial charge in [0.1, 0.15) is 23.6 Å². The molecular formula is C16H18N4O2. The van der Waals surface area contributed by atoms with Gasteiger partial charge in [0, 0.05) is 19.2 Å². The summed E-state index contributed by atoms with van der Waals surface area (Å²) in [6, 6.07) is 9.33. The maximum absolute atomic E-state index is 11.8. The van der Waals surface area contributed by atoms with Gasteiger partial charge in [-0.1, -0.05) is 18.2 Å². The molecule has 2 rings (SSSR count). The predicted molar refractivity (Wildman–Crippen MR) is 84.9 cm³/mol. The Hall–Kier alpha value is -2.89. The summed E-state index contributed by atoms with van der Waals surface area (Å²) >= 11 is 0. The Kier molecular flexibility index (Phi) is 5.48. The molecule has 1 aromatic carbocycles. The highest BCUT2D eigenvalue weighted by molar-refractivity contribution is 5.92. The van der Waals surface area contributed by atoms with Crippen LogP contribution in [-0.2, 0) is 6.54 Å². The highest BCUT2D eigenvalue weighted by Crippen LogP contribution is 2.12. The number of hydrogen-bond donors (Lipinski definition) is 2. The van der Waals surface area contributed by atoms with Crippen molar-refractivity contribution >= 4 is 11.7 Å². The number of carbonyl (C=O) groups is 1. The summed E-state index contributed by atoms with van der Waals surface area (Å²) in [5, 5.41) is 5.83. The number of hydrogen-bond acceptors (Lipinski definition) is 5. The summed E-state index contributed by atoms with van der Waals surface area (Å²) in [4.78, 5) is 19.9. The molecule has 1 heterocycles. The van der Waals surface area contributed by atoms with Gasteiger partial charge >= 0.3 is 0 Å². The van der Waals surface area contributed by atoms with Gasteiger partial charge in [0.15, 0.2) is 0 Å². The van der Waals surface area contributed by atoms with Crippen LogP contribution in [0.15, 0.2) is 49.3 Å². The van der Waals surface area contributed by atoms with E-state index in [9.17, 15) is 4.79 Å². The van der Waals surface area contributed by atoms with Gasteiger partial charge in [-0.2, -0.15) is 0 Å². The van der Waals surface area contributed by atoms with Crippen molar-refractivity contribution in [3.05, 3.63) is 60.6 Å². The van der Waals surface area contributed by atoms with Crippen LogP contribution < -0.4 is 15.4 Å². The van der Waals surface area contributed by atoms with Crippen LogP contribution in [0.2, 0.25) is 0 Å². The van der Waals surface area contributed by atoms with Crippen molar-refractivity contribution < 1.29 is 9.53 Å². The van der Waals surface area contributed by atoms with Crippen molar-refractivity contribution in [2.24, 2.45) is 0 Å². The third kappa shape index (κ3) is 4.31. The van der Waals surface area contributed by atoms with Gasteiger partial charge in [-0.15, -0.1) is 6.58 Å². The van der Waals surface area contributed by atoms with Crippen LogP contribution in [0.25, 0.3) is 0 Å². The highest BCUT2D eigenvalue weighted by atomic mass is 16.5. The second-order valence-corrected chi connectivity index (χ2v) is 4.49. The number of ether oxygens (including phenoxy) is 1. The molecule has 0 atom stereocenters. The molecule has 114 valence electrons. The van der Waals surface area contributed by atoms with E-state index in [2.05, 4.69) is 27.2 Å². The minimum Gasteiger partial charge on any atom is -0.497 e. The van der Waals surface area contributed by atoms with Crippen molar-refractivity contribution in [1.82, 2.24) is 15.3 Å². The SMILES string of the molecule is C=CCNC(=O)c1cc(NCc2ccc(OC)cc2)ncn1. The quantitative estimate of drug-likeness (QED) is 0.765. The summed E-state index contributed by atoms with van der Waals surface area (Å²) < 4.78 is 5.11. The van der Waals surface area contributed by atoms with E-state index in [0.29, 0.717) is 24.6 Å². The summed E-state index contributed by atoms with van der Waals surface area (Å²) in [5.74, 6) is 1.15. The zero-order valence-electron chi connectivity index (χ0n) is 12.4. The van der Waals surface area contributed by atoms with Crippen LogP contribution in [0, 0.1) is 0 Å². The van der Waals surface area contributed by atoms with Gasteiger partial charge in [-0.25, -0.2) is 9.97 Å². The van der Waals surface area contributed by atoms with Crippen molar-refractivity contribution in [2.75, 3.05) is 19.0 Å². The molecule has 2 N–H and O–H groups in total. The Morgan fingerprint density at radius 2 is 2.09 bits per heavy atom. The number of amides is 1. The first kappa shape index (κ1) is 15.5. The first-order chi connectivity index (χ1) is 10.7. The molecule has 0 spiro atoms. The fourth-order valence-electron chi connectivity index (χ4n) is 1.77. The maximum Gasteiger partial charge on any atom is 0.270 e. The van der Waals surface area contributed by atoms with E-state index in [-0.39, 0.29) is 5.91 Å². The average molecular weight is 298 g/mol. The fraction of sp³-hybridized carbons (Fsp3) is 0.188. The van der Waals surface area contributed by atoms with Crippen LogP contribution in [0.4, 0.5) is 5.82 Å². The van der Waals surface area contributed by atoms with E-state index in [1.54, 1.807) is 19.3 Å². The first-order valence-corrected chi connectivity index (χ1v) is 6.81. The smallest absolute Gasteiger partial charge is 0.270 e. The number of methoxy groups -OCH3 is 1. The lowest BCUT2D eigenvalue weighted by Crippen LogP contribution is -2.24. The van der Waals surface area contributed by atoms with Crippen LogP contribution in [0.1, 0.15) is 16.1 Å². The summed E-state index contributed by atoms with van der Waals surface area (Å²) in [7, 11) is 1.63. The fourth-order valence-corrected chi connectivity index (χ4v) is 1.77. The van der Waals surface area contributed by atoms with E-state index in [0.717, 1.165) is 11.3 Å². The lowest BCUT2D eigenvalue weighted by Gasteiger charge is -2.08. The maximum atomic E-state index is 11.8. The first-order valence-electron chi connectivity index (χ1n) is 6.81. The number of nitrogens with one attached hydrogen (secondary N) is 2. The number of carbonyl (C=O) groups excluding carboxylic acids is 1. The molecule has 0 radical (unpaired) electrons. The number of anilines is 1. The molecule has 2 aromatic rings. The van der Waals surface area contributed by atoms with E-state index in [1.165, 1.54) is 6.33 Å². The van der Waals surface area contributed by atoms with Gasteiger partial charge < -0.3 is 15.4 Å². The van der Waals surface area contributed by atoms with Gasteiger partial charge in [-0.05, 0) is 17.7 Å². The molecule has 22 heavy (non-hydrogen) atoms. The number of aromatic nitrogens is 2. The van der Waals surface area contributed by atoms with Crippen LogP contribution in [0.5, 0.6) is 5.75 Å². The highest BCUT2D eigenvalue weighted by Gasteiger charge is 2.07. The van der Waals surface area contributed by atoms with Crippen LogP contribution in [0.3, 0.4) is 0 Å². The molecule has 0 aliphatic heterocycles. The van der Waals surface area contributed by atoms with Crippen molar-refractivity contribution in [3.63, 3.8) is 0 Å². The average Bonchev–Trinajstić information content (AvgIpc) is 2.58. The summed E-state index contributed by atoms with van der Waals surface area (Å²) in [5.41, 5.74) is 1.39. The molecule has 0 saturated heterocycles. The minimum absolute atomic E-state index is 0.255. The van der Waals surface area contributed by atoms with Crippen molar-refractivity contribution in [1.29, 1.82) is 0 Å². The lowest BCUT2D eigenvalue weighted by molar-refractivity contribution is 0.0953. The number of benzene rings is 1. The second-order valence-electron chi connectivity index (χ2n) is 4.49. The summed E-state index contributed by atoms with van der Waals surface area (Å²) in [6.45, 7) is 4.54. The lowest BCUT2D eigenvalue weighted by atomic mass is 10.2. The van der Waals surface area contributed by atoms with E-state index in [4.69, 9.17) is 4.74 Å². The topological polar surface area (TPSA) is 76.1 Å². The predicted octanol–water partition coefficient (Wildman–Crippen LogP) is 2.01. The minimum atomic E-state index is -0.255. The second kappa shape index (κ2) is 7.78. The third-order valence-corrected chi connectivity index (χ3v) is 2.94. The Morgan fingerprint density at radius 3 is 2.77 bits per heavy atom. The molecule has 0 aliphatic rings. The summed E-state index contributed by atoms with van der Waals surface area (Å²) in [6.07, 6.45) is 2.97. The van der Waals surface area contributed by atoms with Gasteiger partial charge in [0.2, 0.25) is 0 Å². The monoisotopic (exact) mass is 298 g/mol. The molecule has 1 amide bonds. The standard InChI is InChI=1S/C16H18N4O2/c1-3-8-17-16(21)14-9-15(20-11-19-14)18-10-12-4-6-13(22-2)7-5-12/h3-7,9,11H,1,8,10H2,2H3,(H,17,21)(H,18,19,20). The van der Waals surface area contributed by atoms with E-state index >= 15 is 0 Å². The van der Waals surface area contributed by atoms with Crippen LogP contribution in [-0.4, -0.2) is 29.5 Å². The Balaban J connectivity index is 1.97. The Labute approximate surface area is 129 Å². The molecule has 0 fully saturated rings.